The van der Waals surface area contributed by atoms with Gasteiger partial charge in [-0.3, -0.25) is 14.8 Å². The molecule has 0 bridgehead atoms. The Hall–Kier alpha value is -3.73. The van der Waals surface area contributed by atoms with Crippen LogP contribution in [-0.2, 0) is 6.54 Å². The molecule has 5 heteroatoms. The van der Waals surface area contributed by atoms with Gasteiger partial charge in [-0.05, 0) is 64.9 Å². The SMILES string of the molecule is COc1ccc(-c2ccc(CNC(=O)c3ccncc3)c3cnccc23)cc1C. The van der Waals surface area contributed by atoms with E-state index in [1.807, 2.05) is 31.3 Å². The molecule has 4 aromatic rings. The molecule has 144 valence electrons. The number of fused-ring (bicyclic) bond motifs is 1. The van der Waals surface area contributed by atoms with Crippen LogP contribution in [0.2, 0.25) is 0 Å². The van der Waals surface area contributed by atoms with Gasteiger partial charge in [-0.1, -0.05) is 18.2 Å². The number of carbonyl (C=O) groups is 1. The van der Waals surface area contributed by atoms with E-state index in [2.05, 4.69) is 33.5 Å². The Kier molecular flexibility index (Phi) is 5.20. The molecule has 0 radical (unpaired) electrons. The van der Waals surface area contributed by atoms with Crippen molar-refractivity contribution < 1.29 is 9.53 Å². The van der Waals surface area contributed by atoms with E-state index in [1.165, 1.54) is 0 Å². The van der Waals surface area contributed by atoms with Crippen molar-refractivity contribution in [2.24, 2.45) is 0 Å². The lowest BCUT2D eigenvalue weighted by Gasteiger charge is -2.13. The van der Waals surface area contributed by atoms with Gasteiger partial charge in [0.25, 0.3) is 5.91 Å². The van der Waals surface area contributed by atoms with Gasteiger partial charge in [0, 0.05) is 42.3 Å². The van der Waals surface area contributed by atoms with Crippen molar-refractivity contribution in [2.45, 2.75) is 13.5 Å². The second-order valence-corrected chi connectivity index (χ2v) is 6.80. The summed E-state index contributed by atoms with van der Waals surface area (Å²) in [5, 5.41) is 5.10. The minimum Gasteiger partial charge on any atom is -0.496 e. The van der Waals surface area contributed by atoms with Gasteiger partial charge in [0.1, 0.15) is 5.75 Å². The third-order valence-corrected chi connectivity index (χ3v) is 5.00. The topological polar surface area (TPSA) is 64.1 Å². The molecule has 0 aliphatic rings. The molecule has 0 fully saturated rings. The molecule has 0 atom stereocenters. The molecule has 0 spiro atoms. The number of pyridine rings is 2. The molecule has 5 nitrogen and oxygen atoms in total. The van der Waals surface area contributed by atoms with Crippen LogP contribution >= 0.6 is 0 Å². The average molecular weight is 383 g/mol. The number of methoxy groups -OCH3 is 1. The standard InChI is InChI=1S/C24H21N3O2/c1-16-13-18(4-6-23(16)29-2)20-5-3-19(22-15-26-12-9-21(20)22)14-27-24(28)17-7-10-25-11-8-17/h3-13,15H,14H2,1-2H3,(H,27,28). The largest absolute Gasteiger partial charge is 0.496 e. The van der Waals surface area contributed by atoms with Crippen molar-refractivity contribution >= 4 is 16.7 Å². The number of benzene rings is 2. The Morgan fingerprint density at radius 1 is 0.966 bits per heavy atom. The van der Waals surface area contributed by atoms with Gasteiger partial charge in [-0.15, -0.1) is 0 Å². The Morgan fingerprint density at radius 3 is 2.52 bits per heavy atom. The van der Waals surface area contributed by atoms with Gasteiger partial charge in [-0.25, -0.2) is 0 Å². The number of nitrogens with one attached hydrogen (secondary N) is 1. The maximum Gasteiger partial charge on any atom is 0.251 e. The van der Waals surface area contributed by atoms with E-state index in [0.29, 0.717) is 12.1 Å². The number of hydrogen-bond acceptors (Lipinski definition) is 4. The maximum atomic E-state index is 12.4. The minimum atomic E-state index is -0.126. The van der Waals surface area contributed by atoms with Gasteiger partial charge in [0.2, 0.25) is 0 Å². The highest BCUT2D eigenvalue weighted by Crippen LogP contribution is 2.32. The molecule has 0 aliphatic carbocycles. The lowest BCUT2D eigenvalue weighted by atomic mass is 9.95. The lowest BCUT2D eigenvalue weighted by molar-refractivity contribution is 0.0951. The zero-order valence-electron chi connectivity index (χ0n) is 16.3. The van der Waals surface area contributed by atoms with E-state index >= 15 is 0 Å². The molecule has 0 unspecified atom stereocenters. The Labute approximate surface area is 169 Å². The smallest absolute Gasteiger partial charge is 0.251 e. The molecule has 2 aromatic carbocycles. The van der Waals surface area contributed by atoms with Crippen LogP contribution in [0.25, 0.3) is 21.9 Å². The fourth-order valence-electron chi connectivity index (χ4n) is 3.48. The summed E-state index contributed by atoms with van der Waals surface area (Å²) in [5.74, 6) is 0.745. The first-order valence-corrected chi connectivity index (χ1v) is 9.36. The summed E-state index contributed by atoms with van der Waals surface area (Å²) in [5.41, 5.74) is 4.93. The zero-order valence-corrected chi connectivity index (χ0v) is 16.3. The normalized spacial score (nSPS) is 10.7. The van der Waals surface area contributed by atoms with Crippen LogP contribution in [0, 0.1) is 6.92 Å². The molecule has 0 saturated carbocycles. The zero-order chi connectivity index (χ0) is 20.2. The van der Waals surface area contributed by atoms with Crippen LogP contribution in [0.4, 0.5) is 0 Å². The van der Waals surface area contributed by atoms with Gasteiger partial charge >= 0.3 is 0 Å². The fourth-order valence-corrected chi connectivity index (χ4v) is 3.48. The van der Waals surface area contributed by atoms with Crippen LogP contribution in [0.1, 0.15) is 21.5 Å². The summed E-state index contributed by atoms with van der Waals surface area (Å²) in [4.78, 5) is 20.6. The molecule has 1 amide bonds. The lowest BCUT2D eigenvalue weighted by Crippen LogP contribution is -2.22. The number of hydrogen-bond donors (Lipinski definition) is 1. The highest BCUT2D eigenvalue weighted by Gasteiger charge is 2.11. The van der Waals surface area contributed by atoms with Crippen LogP contribution in [0.3, 0.4) is 0 Å². The van der Waals surface area contributed by atoms with Crippen molar-refractivity contribution in [3.8, 4) is 16.9 Å². The summed E-state index contributed by atoms with van der Waals surface area (Å²) in [6.45, 7) is 2.46. The highest BCUT2D eigenvalue weighted by molar-refractivity contribution is 5.99. The van der Waals surface area contributed by atoms with Gasteiger partial charge < -0.3 is 10.1 Å². The molecule has 0 aliphatic heterocycles. The number of aryl methyl sites for hydroxylation is 1. The summed E-state index contributed by atoms with van der Waals surface area (Å²) in [6.07, 6.45) is 6.87. The number of aromatic nitrogens is 2. The minimum absolute atomic E-state index is 0.126. The second-order valence-electron chi connectivity index (χ2n) is 6.80. The number of rotatable bonds is 5. The second kappa shape index (κ2) is 8.10. The monoisotopic (exact) mass is 383 g/mol. The van der Waals surface area contributed by atoms with Gasteiger partial charge in [-0.2, -0.15) is 0 Å². The Morgan fingerprint density at radius 2 is 1.76 bits per heavy atom. The van der Waals surface area contributed by atoms with Crippen LogP contribution in [0.15, 0.2) is 73.3 Å². The molecule has 4 rings (SSSR count). The van der Waals surface area contributed by atoms with E-state index in [-0.39, 0.29) is 5.91 Å². The fraction of sp³-hybridized carbons (Fsp3) is 0.125. The maximum absolute atomic E-state index is 12.4. The van der Waals surface area contributed by atoms with Crippen molar-refractivity contribution in [2.75, 3.05) is 7.11 Å². The first-order valence-electron chi connectivity index (χ1n) is 9.36. The predicted molar refractivity (Wildman–Crippen MR) is 114 cm³/mol. The van der Waals surface area contributed by atoms with Crippen LogP contribution < -0.4 is 10.1 Å². The van der Waals surface area contributed by atoms with E-state index < -0.39 is 0 Å². The predicted octanol–water partition coefficient (Wildman–Crippen LogP) is 4.54. The highest BCUT2D eigenvalue weighted by atomic mass is 16.5. The molecular formula is C24H21N3O2. The van der Waals surface area contributed by atoms with Crippen LogP contribution in [0.5, 0.6) is 5.75 Å². The Balaban J connectivity index is 1.67. The van der Waals surface area contributed by atoms with E-state index in [4.69, 9.17) is 4.74 Å². The molecule has 0 saturated heterocycles. The number of nitrogens with zero attached hydrogens (tertiary/aromatic N) is 2. The van der Waals surface area contributed by atoms with E-state index in [0.717, 1.165) is 38.8 Å². The molecule has 2 heterocycles. The third kappa shape index (κ3) is 3.80. The molecular weight excluding hydrogens is 362 g/mol. The quantitative estimate of drug-likeness (QED) is 0.549. The first kappa shape index (κ1) is 18.6. The summed E-state index contributed by atoms with van der Waals surface area (Å²) in [6, 6.07) is 15.7. The average Bonchev–Trinajstić information content (AvgIpc) is 2.77. The number of amides is 1. The molecule has 1 N–H and O–H groups in total. The van der Waals surface area contributed by atoms with Crippen LogP contribution in [-0.4, -0.2) is 23.0 Å². The van der Waals surface area contributed by atoms with Gasteiger partial charge in [0.05, 0.1) is 7.11 Å². The Bertz CT molecular complexity index is 1170. The van der Waals surface area contributed by atoms with Crippen molar-refractivity contribution in [3.05, 3.63) is 90.0 Å². The number of carbonyl (C=O) groups excluding carboxylic acids is 1. The van der Waals surface area contributed by atoms with E-state index in [1.54, 1.807) is 37.8 Å². The summed E-state index contributed by atoms with van der Waals surface area (Å²) < 4.78 is 5.38. The van der Waals surface area contributed by atoms with Crippen molar-refractivity contribution in [1.29, 1.82) is 0 Å². The van der Waals surface area contributed by atoms with Crippen molar-refractivity contribution in [1.82, 2.24) is 15.3 Å². The summed E-state index contributed by atoms with van der Waals surface area (Å²) >= 11 is 0. The van der Waals surface area contributed by atoms with Crippen molar-refractivity contribution in [3.63, 3.8) is 0 Å². The third-order valence-electron chi connectivity index (χ3n) is 5.00. The molecule has 2 aromatic heterocycles. The summed E-state index contributed by atoms with van der Waals surface area (Å²) in [7, 11) is 1.68. The molecule has 29 heavy (non-hydrogen) atoms. The van der Waals surface area contributed by atoms with Gasteiger partial charge in [0.15, 0.2) is 0 Å². The number of ether oxygens (including phenoxy) is 1. The van der Waals surface area contributed by atoms with E-state index in [9.17, 15) is 4.79 Å². The first-order chi connectivity index (χ1) is 14.2.